The minimum atomic E-state index is -0.366. The molecule has 96 valence electrons. The maximum Gasteiger partial charge on any atom is 0.261 e. The number of allylic oxidation sites excluding steroid dienone is 1. The molecule has 0 aliphatic carbocycles. The molecule has 2 aliphatic heterocycles. The Bertz CT molecular complexity index is 808. The number of nitrogens with one attached hydrogen (secondary N) is 1. The molecule has 2 aromatic rings. The average molecular weight is 264 g/mol. The third-order valence-corrected chi connectivity index (χ3v) is 3.31. The lowest BCUT2D eigenvalue weighted by Gasteiger charge is -2.01. The summed E-state index contributed by atoms with van der Waals surface area (Å²) in [6, 6.07) is 10.4. The number of aromatic nitrogens is 1. The van der Waals surface area contributed by atoms with Crippen LogP contribution in [-0.2, 0) is 4.79 Å². The van der Waals surface area contributed by atoms with Crippen molar-refractivity contribution >= 4 is 23.1 Å². The van der Waals surface area contributed by atoms with Gasteiger partial charge < -0.3 is 10.1 Å². The molecule has 1 aromatic carbocycles. The Hall–Kier alpha value is -2.95. The molecule has 0 saturated carbocycles. The molecule has 2 aliphatic rings. The van der Waals surface area contributed by atoms with Crippen molar-refractivity contribution in [3.05, 3.63) is 59.5 Å². The van der Waals surface area contributed by atoms with Crippen LogP contribution in [0.1, 0.15) is 15.9 Å². The number of para-hydroxylation sites is 1. The highest BCUT2D eigenvalue weighted by atomic mass is 16.5. The fourth-order valence-electron chi connectivity index (χ4n) is 2.41. The summed E-state index contributed by atoms with van der Waals surface area (Å²) < 4.78 is 5.57. The van der Waals surface area contributed by atoms with Crippen LogP contribution in [0.2, 0.25) is 0 Å². The summed E-state index contributed by atoms with van der Waals surface area (Å²) in [6.45, 7) is 0. The predicted molar refractivity (Wildman–Crippen MR) is 71.2 cm³/mol. The van der Waals surface area contributed by atoms with Crippen molar-refractivity contribution in [2.24, 2.45) is 0 Å². The first-order chi connectivity index (χ1) is 9.75. The number of fused-ring (bicyclic) bond motifs is 2. The van der Waals surface area contributed by atoms with Crippen LogP contribution in [0.15, 0.2) is 48.4 Å². The number of ketones is 1. The van der Waals surface area contributed by atoms with Gasteiger partial charge >= 0.3 is 0 Å². The summed E-state index contributed by atoms with van der Waals surface area (Å²) in [5.41, 5.74) is 1.31. The van der Waals surface area contributed by atoms with Gasteiger partial charge in [-0.2, -0.15) is 0 Å². The Kier molecular flexibility index (Phi) is 2.06. The van der Waals surface area contributed by atoms with Crippen LogP contribution in [-0.4, -0.2) is 16.7 Å². The topological polar surface area (TPSA) is 68.3 Å². The second kappa shape index (κ2) is 3.77. The predicted octanol–water partition coefficient (Wildman–Crippen LogP) is 2.02. The van der Waals surface area contributed by atoms with Crippen molar-refractivity contribution in [2.45, 2.75) is 0 Å². The lowest BCUT2D eigenvalue weighted by atomic mass is 10.0. The molecule has 4 rings (SSSR count). The quantitative estimate of drug-likeness (QED) is 0.739. The van der Waals surface area contributed by atoms with E-state index in [1.807, 2.05) is 0 Å². The van der Waals surface area contributed by atoms with E-state index in [-0.39, 0.29) is 23.0 Å². The number of Topliss-reactive ketones (excluding diaryl/α,β-unsaturated/α-hetero) is 1. The Labute approximate surface area is 113 Å². The van der Waals surface area contributed by atoms with Crippen LogP contribution in [0.25, 0.3) is 5.57 Å². The summed E-state index contributed by atoms with van der Waals surface area (Å²) in [5, 5.41) is 2.63. The van der Waals surface area contributed by atoms with Crippen molar-refractivity contribution in [1.82, 2.24) is 4.98 Å². The number of benzene rings is 1. The Morgan fingerprint density at radius 3 is 2.65 bits per heavy atom. The van der Waals surface area contributed by atoms with Gasteiger partial charge in [-0.15, -0.1) is 0 Å². The van der Waals surface area contributed by atoms with Crippen molar-refractivity contribution in [3.63, 3.8) is 0 Å². The first kappa shape index (κ1) is 10.9. The molecule has 3 heterocycles. The van der Waals surface area contributed by atoms with E-state index in [1.165, 1.54) is 0 Å². The summed E-state index contributed by atoms with van der Waals surface area (Å²) in [7, 11) is 0. The summed E-state index contributed by atoms with van der Waals surface area (Å²) >= 11 is 0. The van der Waals surface area contributed by atoms with Crippen LogP contribution in [0.3, 0.4) is 0 Å². The third kappa shape index (κ3) is 1.34. The molecular weight excluding hydrogens is 256 g/mol. The number of ether oxygens (including phenoxy) is 1. The van der Waals surface area contributed by atoms with Gasteiger partial charge in [-0.1, -0.05) is 12.1 Å². The molecule has 0 saturated heterocycles. The molecular formula is C15H8N2O3. The highest BCUT2D eigenvalue weighted by Gasteiger charge is 2.37. The number of hydrogen-bond acceptors (Lipinski definition) is 4. The average Bonchev–Trinajstić information content (AvgIpc) is 2.96. The first-order valence-corrected chi connectivity index (χ1v) is 6.08. The fraction of sp³-hybridized carbons (Fsp3) is 0. The first-order valence-electron chi connectivity index (χ1n) is 6.08. The van der Waals surface area contributed by atoms with Gasteiger partial charge in [0.15, 0.2) is 5.76 Å². The molecule has 5 heteroatoms. The molecule has 1 N–H and O–H groups in total. The van der Waals surface area contributed by atoms with E-state index in [0.717, 1.165) is 0 Å². The van der Waals surface area contributed by atoms with Crippen molar-refractivity contribution in [3.8, 4) is 5.75 Å². The van der Waals surface area contributed by atoms with Gasteiger partial charge in [-0.3, -0.25) is 9.59 Å². The zero-order valence-corrected chi connectivity index (χ0v) is 10.2. The van der Waals surface area contributed by atoms with Gasteiger partial charge in [0, 0.05) is 11.8 Å². The number of anilines is 1. The molecule has 0 atom stereocenters. The van der Waals surface area contributed by atoms with Crippen LogP contribution in [0.5, 0.6) is 5.75 Å². The Balaban J connectivity index is 1.94. The smallest absolute Gasteiger partial charge is 0.261 e. The van der Waals surface area contributed by atoms with Crippen LogP contribution in [0.4, 0.5) is 5.82 Å². The van der Waals surface area contributed by atoms with Crippen LogP contribution < -0.4 is 10.1 Å². The van der Waals surface area contributed by atoms with Gasteiger partial charge in [0.1, 0.15) is 11.6 Å². The molecule has 1 aromatic heterocycles. The Morgan fingerprint density at radius 2 is 1.80 bits per heavy atom. The van der Waals surface area contributed by atoms with E-state index in [9.17, 15) is 9.59 Å². The van der Waals surface area contributed by atoms with Crippen molar-refractivity contribution in [1.29, 1.82) is 0 Å². The van der Waals surface area contributed by atoms with Crippen molar-refractivity contribution < 1.29 is 14.3 Å². The van der Waals surface area contributed by atoms with Gasteiger partial charge in [0.2, 0.25) is 5.78 Å². The number of nitrogens with zero attached hydrogens (tertiary/aromatic N) is 1. The molecule has 0 unspecified atom stereocenters. The second-order valence-electron chi connectivity index (χ2n) is 4.49. The summed E-state index contributed by atoms with van der Waals surface area (Å²) in [4.78, 5) is 28.5. The number of hydrogen-bond donors (Lipinski definition) is 1. The number of rotatable bonds is 0. The van der Waals surface area contributed by atoms with E-state index in [4.69, 9.17) is 4.74 Å². The Morgan fingerprint density at radius 1 is 1.00 bits per heavy atom. The second-order valence-corrected chi connectivity index (χ2v) is 4.49. The molecule has 0 spiro atoms. The lowest BCUT2D eigenvalue weighted by Crippen LogP contribution is -2.10. The number of pyridine rings is 1. The maximum absolute atomic E-state index is 12.4. The molecule has 1 amide bonds. The third-order valence-electron chi connectivity index (χ3n) is 3.31. The largest absolute Gasteiger partial charge is 0.452 e. The molecule has 5 nitrogen and oxygen atoms in total. The van der Waals surface area contributed by atoms with Gasteiger partial charge in [-0.25, -0.2) is 4.98 Å². The number of amides is 1. The minimum Gasteiger partial charge on any atom is -0.452 e. The van der Waals surface area contributed by atoms with E-state index in [0.29, 0.717) is 22.7 Å². The van der Waals surface area contributed by atoms with Gasteiger partial charge in [-0.05, 0) is 24.3 Å². The molecule has 0 fully saturated rings. The normalized spacial score (nSPS) is 19.4. The van der Waals surface area contributed by atoms with E-state index in [1.54, 1.807) is 42.6 Å². The number of carbonyl (C=O) groups is 2. The lowest BCUT2D eigenvalue weighted by molar-refractivity contribution is -0.110. The zero-order chi connectivity index (χ0) is 13.7. The summed E-state index contributed by atoms with van der Waals surface area (Å²) in [5.74, 6) is 0.352. The monoisotopic (exact) mass is 264 g/mol. The highest BCUT2D eigenvalue weighted by molar-refractivity contribution is 6.36. The van der Waals surface area contributed by atoms with Gasteiger partial charge in [0.05, 0.1) is 11.1 Å². The van der Waals surface area contributed by atoms with Crippen LogP contribution in [0, 0.1) is 0 Å². The highest BCUT2D eigenvalue weighted by Crippen LogP contribution is 2.38. The zero-order valence-electron chi connectivity index (χ0n) is 10.2. The molecule has 20 heavy (non-hydrogen) atoms. The molecule has 0 bridgehead atoms. The number of carbonyl (C=O) groups excluding carboxylic acids is 2. The fourth-order valence-corrected chi connectivity index (χ4v) is 2.41. The SMILES string of the molecule is O=C1Nc2ncccc2/C1=C1/Oc2ccccc2C1=O. The van der Waals surface area contributed by atoms with E-state index < -0.39 is 0 Å². The van der Waals surface area contributed by atoms with E-state index in [2.05, 4.69) is 10.3 Å². The minimum absolute atomic E-state index is 0.0652. The summed E-state index contributed by atoms with van der Waals surface area (Å²) in [6.07, 6.45) is 1.58. The van der Waals surface area contributed by atoms with Crippen molar-refractivity contribution in [2.75, 3.05) is 5.32 Å². The standard InChI is InChI=1S/C15H8N2O3/c18-12-8-4-1-2-6-10(8)20-13(12)11-9-5-3-7-16-14(9)17-15(11)19/h1-7H,(H,16,17,19)/b13-11-. The molecule has 0 radical (unpaired) electrons. The van der Waals surface area contributed by atoms with E-state index >= 15 is 0 Å². The maximum atomic E-state index is 12.4. The van der Waals surface area contributed by atoms with Crippen LogP contribution >= 0.6 is 0 Å². The van der Waals surface area contributed by atoms with Gasteiger partial charge in [0.25, 0.3) is 5.91 Å².